The van der Waals surface area contributed by atoms with E-state index >= 15 is 0 Å². The standard InChI is InChI=1S/C15H16O3/c1-3-18-15(17)14(12(2)16)11-7-10-13-8-5-4-6-9-13/h4-6,8-9,14H,3,11H2,1-2H3. The first-order valence-electron chi connectivity index (χ1n) is 5.86. The molecule has 0 saturated carbocycles. The Balaban J connectivity index is 2.66. The van der Waals surface area contributed by atoms with E-state index in [4.69, 9.17) is 4.74 Å². The van der Waals surface area contributed by atoms with Crippen LogP contribution >= 0.6 is 0 Å². The lowest BCUT2D eigenvalue weighted by atomic mass is 10.0. The van der Waals surface area contributed by atoms with Gasteiger partial charge in [-0.15, -0.1) is 0 Å². The molecule has 0 bridgehead atoms. The van der Waals surface area contributed by atoms with Crippen molar-refractivity contribution in [2.24, 2.45) is 5.92 Å². The molecule has 1 atom stereocenters. The van der Waals surface area contributed by atoms with Gasteiger partial charge in [-0.2, -0.15) is 0 Å². The quantitative estimate of drug-likeness (QED) is 0.463. The summed E-state index contributed by atoms with van der Waals surface area (Å²) in [4.78, 5) is 22.9. The lowest BCUT2D eigenvalue weighted by Crippen LogP contribution is -2.23. The molecule has 0 N–H and O–H groups in total. The summed E-state index contributed by atoms with van der Waals surface area (Å²) in [6, 6.07) is 9.43. The predicted octanol–water partition coefficient (Wildman–Crippen LogP) is 2.20. The Kier molecular flexibility index (Phi) is 5.66. The Morgan fingerprint density at radius 3 is 2.50 bits per heavy atom. The van der Waals surface area contributed by atoms with Gasteiger partial charge in [0.1, 0.15) is 11.7 Å². The largest absolute Gasteiger partial charge is 0.465 e. The predicted molar refractivity (Wildman–Crippen MR) is 68.7 cm³/mol. The molecule has 0 aliphatic heterocycles. The van der Waals surface area contributed by atoms with E-state index in [1.54, 1.807) is 6.92 Å². The summed E-state index contributed by atoms with van der Waals surface area (Å²) in [6.07, 6.45) is 0.197. The molecule has 0 saturated heterocycles. The average Bonchev–Trinajstić information content (AvgIpc) is 2.35. The Hall–Kier alpha value is -2.08. The molecule has 1 unspecified atom stereocenters. The van der Waals surface area contributed by atoms with Gasteiger partial charge in [-0.3, -0.25) is 9.59 Å². The number of Topliss-reactive ketones (excluding diaryl/α,β-unsaturated/α-hetero) is 1. The summed E-state index contributed by atoms with van der Waals surface area (Å²) in [6.45, 7) is 3.37. The topological polar surface area (TPSA) is 43.4 Å². The second-order valence-electron chi connectivity index (χ2n) is 3.79. The molecule has 0 aliphatic carbocycles. The number of benzene rings is 1. The van der Waals surface area contributed by atoms with Gasteiger partial charge in [0, 0.05) is 12.0 Å². The molecule has 18 heavy (non-hydrogen) atoms. The van der Waals surface area contributed by atoms with Crippen molar-refractivity contribution in [3.05, 3.63) is 35.9 Å². The van der Waals surface area contributed by atoms with Crippen LogP contribution in [0.3, 0.4) is 0 Å². The van der Waals surface area contributed by atoms with Gasteiger partial charge in [0.2, 0.25) is 0 Å². The number of carbonyl (C=O) groups is 2. The van der Waals surface area contributed by atoms with Gasteiger partial charge in [0.05, 0.1) is 6.61 Å². The number of ether oxygens (including phenoxy) is 1. The summed E-state index contributed by atoms with van der Waals surface area (Å²) in [5.74, 6) is 4.29. The fraction of sp³-hybridized carbons (Fsp3) is 0.333. The molecule has 1 aromatic rings. The van der Waals surface area contributed by atoms with E-state index in [0.29, 0.717) is 0 Å². The molecule has 1 aromatic carbocycles. The molecule has 0 amide bonds. The number of hydrogen-bond acceptors (Lipinski definition) is 3. The summed E-state index contributed by atoms with van der Waals surface area (Å²) in [7, 11) is 0. The average molecular weight is 244 g/mol. The van der Waals surface area contributed by atoms with E-state index < -0.39 is 11.9 Å². The van der Waals surface area contributed by atoms with Crippen LogP contribution in [0.4, 0.5) is 0 Å². The minimum atomic E-state index is -0.777. The van der Waals surface area contributed by atoms with Crippen LogP contribution in [-0.2, 0) is 14.3 Å². The van der Waals surface area contributed by atoms with E-state index in [-0.39, 0.29) is 18.8 Å². The highest BCUT2D eigenvalue weighted by Crippen LogP contribution is 2.07. The zero-order chi connectivity index (χ0) is 13.4. The first-order chi connectivity index (χ1) is 8.65. The van der Waals surface area contributed by atoms with Gasteiger partial charge in [-0.05, 0) is 26.0 Å². The SMILES string of the molecule is CCOC(=O)C(CC#Cc1ccccc1)C(C)=O. The van der Waals surface area contributed by atoms with Crippen molar-refractivity contribution in [2.75, 3.05) is 6.61 Å². The van der Waals surface area contributed by atoms with Gasteiger partial charge in [0.15, 0.2) is 0 Å². The van der Waals surface area contributed by atoms with Gasteiger partial charge in [0.25, 0.3) is 0 Å². The van der Waals surface area contributed by atoms with E-state index in [0.717, 1.165) is 5.56 Å². The molecular weight excluding hydrogens is 228 g/mol. The Morgan fingerprint density at radius 2 is 1.94 bits per heavy atom. The van der Waals surface area contributed by atoms with Gasteiger partial charge in [-0.25, -0.2) is 0 Å². The molecule has 94 valence electrons. The second kappa shape index (κ2) is 7.29. The van der Waals surface area contributed by atoms with Crippen molar-refractivity contribution in [3.8, 4) is 11.8 Å². The van der Waals surface area contributed by atoms with Crippen LogP contribution in [0.25, 0.3) is 0 Å². The molecule has 0 heterocycles. The third-order valence-corrected chi connectivity index (χ3v) is 2.37. The third kappa shape index (κ3) is 4.42. The van der Waals surface area contributed by atoms with E-state index in [2.05, 4.69) is 11.8 Å². The third-order valence-electron chi connectivity index (χ3n) is 2.37. The van der Waals surface area contributed by atoms with E-state index in [9.17, 15) is 9.59 Å². The highest BCUT2D eigenvalue weighted by molar-refractivity contribution is 5.98. The maximum atomic E-state index is 11.5. The van der Waals surface area contributed by atoms with Gasteiger partial charge < -0.3 is 4.74 Å². The monoisotopic (exact) mass is 244 g/mol. The van der Waals surface area contributed by atoms with Crippen molar-refractivity contribution in [1.82, 2.24) is 0 Å². The minimum Gasteiger partial charge on any atom is -0.465 e. The zero-order valence-electron chi connectivity index (χ0n) is 10.6. The van der Waals surface area contributed by atoms with Crippen LogP contribution < -0.4 is 0 Å². The number of rotatable bonds is 4. The van der Waals surface area contributed by atoms with Crippen molar-refractivity contribution < 1.29 is 14.3 Å². The highest BCUT2D eigenvalue weighted by Gasteiger charge is 2.23. The maximum absolute atomic E-state index is 11.5. The van der Waals surface area contributed by atoms with Crippen molar-refractivity contribution in [1.29, 1.82) is 0 Å². The molecule has 3 heteroatoms. The molecule has 0 spiro atoms. The first kappa shape index (κ1) is 14.0. The molecule has 0 aliphatic rings. The molecular formula is C15H16O3. The first-order valence-corrected chi connectivity index (χ1v) is 5.86. The van der Waals surface area contributed by atoms with Crippen LogP contribution in [0.1, 0.15) is 25.8 Å². The molecule has 1 rings (SSSR count). The minimum absolute atomic E-state index is 0.197. The number of carbonyl (C=O) groups excluding carboxylic acids is 2. The Bertz CT molecular complexity index is 466. The zero-order valence-corrected chi connectivity index (χ0v) is 10.6. The Morgan fingerprint density at radius 1 is 1.28 bits per heavy atom. The summed E-state index contributed by atoms with van der Waals surface area (Å²) in [5, 5.41) is 0. The number of hydrogen-bond donors (Lipinski definition) is 0. The van der Waals surface area contributed by atoms with Crippen LogP contribution in [0.15, 0.2) is 30.3 Å². The summed E-state index contributed by atoms with van der Waals surface area (Å²) >= 11 is 0. The van der Waals surface area contributed by atoms with Crippen molar-refractivity contribution >= 4 is 11.8 Å². The van der Waals surface area contributed by atoms with Gasteiger partial charge in [-0.1, -0.05) is 30.0 Å². The van der Waals surface area contributed by atoms with Crippen LogP contribution in [0.5, 0.6) is 0 Å². The van der Waals surface area contributed by atoms with E-state index in [1.807, 2.05) is 30.3 Å². The van der Waals surface area contributed by atoms with Crippen molar-refractivity contribution in [3.63, 3.8) is 0 Å². The molecule has 0 fully saturated rings. The normalized spacial score (nSPS) is 11.0. The summed E-state index contributed by atoms with van der Waals surface area (Å²) in [5.41, 5.74) is 0.865. The molecule has 3 nitrogen and oxygen atoms in total. The number of esters is 1. The summed E-state index contributed by atoms with van der Waals surface area (Å²) < 4.78 is 4.84. The fourth-order valence-corrected chi connectivity index (χ4v) is 1.41. The lowest BCUT2D eigenvalue weighted by Gasteiger charge is -2.08. The van der Waals surface area contributed by atoms with Crippen LogP contribution in [0.2, 0.25) is 0 Å². The maximum Gasteiger partial charge on any atom is 0.317 e. The van der Waals surface area contributed by atoms with E-state index in [1.165, 1.54) is 6.92 Å². The van der Waals surface area contributed by atoms with Crippen LogP contribution in [0, 0.1) is 17.8 Å². The number of ketones is 1. The molecule has 0 aromatic heterocycles. The van der Waals surface area contributed by atoms with Gasteiger partial charge >= 0.3 is 5.97 Å². The lowest BCUT2D eigenvalue weighted by molar-refractivity contribution is -0.150. The van der Waals surface area contributed by atoms with Crippen LogP contribution in [-0.4, -0.2) is 18.4 Å². The second-order valence-corrected chi connectivity index (χ2v) is 3.79. The fourth-order valence-electron chi connectivity index (χ4n) is 1.41. The highest BCUT2D eigenvalue weighted by atomic mass is 16.5. The Labute approximate surface area is 107 Å². The molecule has 0 radical (unpaired) electrons. The van der Waals surface area contributed by atoms with Crippen molar-refractivity contribution in [2.45, 2.75) is 20.3 Å². The smallest absolute Gasteiger partial charge is 0.317 e.